The molecule has 0 saturated carbocycles. The van der Waals surface area contributed by atoms with Crippen LogP contribution in [-0.4, -0.2) is 30.1 Å². The maximum atomic E-state index is 9.61. The van der Waals surface area contributed by atoms with Crippen LogP contribution in [0.25, 0.3) is 0 Å². The minimum atomic E-state index is -0.285. The monoisotopic (exact) mass is 259 g/mol. The van der Waals surface area contributed by atoms with Gasteiger partial charge in [-0.25, -0.2) is 0 Å². The van der Waals surface area contributed by atoms with E-state index in [0.29, 0.717) is 6.54 Å². The zero-order valence-electron chi connectivity index (χ0n) is 9.45. The van der Waals surface area contributed by atoms with E-state index in [9.17, 15) is 5.11 Å². The second kappa shape index (κ2) is 7.96. The van der Waals surface area contributed by atoms with Gasteiger partial charge >= 0.3 is 0 Å². The lowest BCUT2D eigenvalue weighted by molar-refractivity contribution is 0.197. The first-order chi connectivity index (χ1) is 7.74. The van der Waals surface area contributed by atoms with Crippen LogP contribution in [0, 0.1) is 0 Å². The van der Waals surface area contributed by atoms with Gasteiger partial charge < -0.3 is 10.4 Å². The first kappa shape index (κ1) is 13.8. The van der Waals surface area contributed by atoms with Gasteiger partial charge in [0, 0.05) is 23.1 Å². The first-order valence-electron chi connectivity index (χ1n) is 5.44. The summed E-state index contributed by atoms with van der Waals surface area (Å²) in [4.78, 5) is 0. The van der Waals surface area contributed by atoms with Gasteiger partial charge in [-0.15, -0.1) is 0 Å². The molecular weight excluding hydrogens is 242 g/mol. The Labute approximate surface area is 106 Å². The van der Waals surface area contributed by atoms with Gasteiger partial charge in [-0.1, -0.05) is 36.7 Å². The number of thioether (sulfide) groups is 1. The van der Waals surface area contributed by atoms with Gasteiger partial charge in [0.15, 0.2) is 0 Å². The zero-order chi connectivity index (χ0) is 11.8. The van der Waals surface area contributed by atoms with Crippen LogP contribution >= 0.6 is 23.4 Å². The van der Waals surface area contributed by atoms with Crippen molar-refractivity contribution in [2.45, 2.75) is 18.8 Å². The number of benzene rings is 1. The summed E-state index contributed by atoms with van der Waals surface area (Å²) in [5, 5.41) is 13.5. The van der Waals surface area contributed by atoms with Crippen molar-refractivity contribution in [3.63, 3.8) is 0 Å². The van der Waals surface area contributed by atoms with Gasteiger partial charge in [-0.05, 0) is 18.2 Å². The van der Waals surface area contributed by atoms with Crippen LogP contribution in [0.5, 0.6) is 0 Å². The van der Waals surface area contributed by atoms with E-state index >= 15 is 0 Å². The molecule has 4 heteroatoms. The lowest BCUT2D eigenvalue weighted by Gasteiger charge is -2.10. The molecule has 1 aromatic carbocycles. The Bertz CT molecular complexity index is 309. The molecule has 0 spiro atoms. The topological polar surface area (TPSA) is 32.3 Å². The highest BCUT2D eigenvalue weighted by Gasteiger charge is 2.04. The molecule has 0 radical (unpaired) electrons. The molecule has 0 bridgehead atoms. The van der Waals surface area contributed by atoms with E-state index in [4.69, 9.17) is 11.6 Å². The summed E-state index contributed by atoms with van der Waals surface area (Å²) in [6, 6.07) is 7.83. The number of aliphatic hydroxyl groups is 1. The van der Waals surface area contributed by atoms with Crippen molar-refractivity contribution in [1.29, 1.82) is 0 Å². The molecule has 1 atom stereocenters. The molecule has 1 aromatic rings. The summed E-state index contributed by atoms with van der Waals surface area (Å²) < 4.78 is 0. The van der Waals surface area contributed by atoms with Crippen LogP contribution < -0.4 is 5.32 Å². The highest BCUT2D eigenvalue weighted by molar-refractivity contribution is 7.98. The number of hydrogen-bond donors (Lipinski definition) is 2. The Morgan fingerprint density at radius 2 is 2.19 bits per heavy atom. The maximum Gasteiger partial charge on any atom is 0.0754 e. The number of likely N-dealkylation sites (N-methyl/N-ethyl adjacent to an activating group) is 1. The Hall–Kier alpha value is -0.220. The molecule has 16 heavy (non-hydrogen) atoms. The number of aliphatic hydroxyl groups excluding tert-OH is 1. The minimum Gasteiger partial charge on any atom is -0.391 e. The van der Waals surface area contributed by atoms with Crippen LogP contribution in [0.4, 0.5) is 0 Å². The lowest BCUT2D eigenvalue weighted by Crippen LogP contribution is -2.28. The maximum absolute atomic E-state index is 9.61. The highest BCUT2D eigenvalue weighted by atomic mass is 35.5. The summed E-state index contributed by atoms with van der Waals surface area (Å²) >= 11 is 7.74. The van der Waals surface area contributed by atoms with E-state index < -0.39 is 0 Å². The van der Waals surface area contributed by atoms with Crippen LogP contribution in [0.2, 0.25) is 5.02 Å². The lowest BCUT2D eigenvalue weighted by atomic mass is 10.2. The molecule has 0 saturated heterocycles. The number of halogens is 1. The molecule has 0 aliphatic carbocycles. The molecule has 1 rings (SSSR count). The second-order valence-electron chi connectivity index (χ2n) is 3.57. The Morgan fingerprint density at radius 3 is 2.88 bits per heavy atom. The predicted octanol–water partition coefficient (Wildman–Crippen LogP) is 2.54. The van der Waals surface area contributed by atoms with Crippen molar-refractivity contribution >= 4 is 23.4 Å². The highest BCUT2D eigenvalue weighted by Crippen LogP contribution is 2.20. The number of hydrogen-bond acceptors (Lipinski definition) is 3. The third kappa shape index (κ3) is 5.21. The van der Waals surface area contributed by atoms with E-state index in [1.165, 1.54) is 0 Å². The van der Waals surface area contributed by atoms with Gasteiger partial charge in [-0.3, -0.25) is 0 Å². The fourth-order valence-electron chi connectivity index (χ4n) is 1.29. The smallest absolute Gasteiger partial charge is 0.0754 e. The normalized spacial score (nSPS) is 12.7. The molecule has 2 nitrogen and oxygen atoms in total. The largest absolute Gasteiger partial charge is 0.391 e. The molecule has 0 fully saturated rings. The SMILES string of the molecule is CCNCC(O)CSCc1ccccc1Cl. The molecular formula is C12H18ClNOS. The van der Waals surface area contributed by atoms with Crippen LogP contribution in [0.15, 0.2) is 24.3 Å². The molecule has 0 aromatic heterocycles. The second-order valence-corrected chi connectivity index (χ2v) is 5.01. The van der Waals surface area contributed by atoms with Crippen molar-refractivity contribution < 1.29 is 5.11 Å². The predicted molar refractivity (Wildman–Crippen MR) is 72.2 cm³/mol. The fourth-order valence-corrected chi connectivity index (χ4v) is 2.55. The fraction of sp³-hybridized carbons (Fsp3) is 0.500. The number of nitrogens with one attached hydrogen (secondary N) is 1. The Balaban J connectivity index is 2.23. The van der Waals surface area contributed by atoms with Gasteiger partial charge in [0.25, 0.3) is 0 Å². The van der Waals surface area contributed by atoms with Crippen LogP contribution in [0.3, 0.4) is 0 Å². The van der Waals surface area contributed by atoms with Crippen LogP contribution in [-0.2, 0) is 5.75 Å². The average Bonchev–Trinajstić information content (AvgIpc) is 2.29. The van der Waals surface area contributed by atoms with Gasteiger partial charge in [-0.2, -0.15) is 11.8 Å². The molecule has 0 aliphatic heterocycles. The van der Waals surface area contributed by atoms with E-state index in [2.05, 4.69) is 5.32 Å². The van der Waals surface area contributed by atoms with Gasteiger partial charge in [0.05, 0.1) is 6.10 Å². The van der Waals surface area contributed by atoms with Crippen molar-refractivity contribution in [1.82, 2.24) is 5.32 Å². The summed E-state index contributed by atoms with van der Waals surface area (Å²) in [7, 11) is 0. The summed E-state index contributed by atoms with van der Waals surface area (Å²) in [6.07, 6.45) is -0.285. The first-order valence-corrected chi connectivity index (χ1v) is 6.97. The van der Waals surface area contributed by atoms with E-state index in [-0.39, 0.29) is 6.10 Å². The third-order valence-electron chi connectivity index (χ3n) is 2.16. The van der Waals surface area contributed by atoms with Crippen molar-refractivity contribution in [2.24, 2.45) is 0 Å². The molecule has 0 heterocycles. The summed E-state index contributed by atoms with van der Waals surface area (Å²) in [5.74, 6) is 1.58. The van der Waals surface area contributed by atoms with Crippen molar-refractivity contribution in [3.05, 3.63) is 34.9 Å². The molecule has 2 N–H and O–H groups in total. The van der Waals surface area contributed by atoms with Crippen LogP contribution in [0.1, 0.15) is 12.5 Å². The standard InChI is InChI=1S/C12H18ClNOS/c1-2-14-7-11(15)9-16-8-10-5-3-4-6-12(10)13/h3-6,11,14-15H,2,7-9H2,1H3. The molecule has 0 amide bonds. The Kier molecular flexibility index (Phi) is 6.88. The Morgan fingerprint density at radius 1 is 1.44 bits per heavy atom. The van der Waals surface area contributed by atoms with Gasteiger partial charge in [0.2, 0.25) is 0 Å². The zero-order valence-corrected chi connectivity index (χ0v) is 11.0. The molecule has 0 aliphatic rings. The van der Waals surface area contributed by atoms with E-state index in [1.54, 1.807) is 11.8 Å². The third-order valence-corrected chi connectivity index (χ3v) is 3.66. The number of rotatable bonds is 7. The molecule has 1 unspecified atom stereocenters. The van der Waals surface area contributed by atoms with E-state index in [0.717, 1.165) is 28.6 Å². The van der Waals surface area contributed by atoms with Gasteiger partial charge in [0.1, 0.15) is 0 Å². The van der Waals surface area contributed by atoms with Crippen molar-refractivity contribution in [3.8, 4) is 0 Å². The van der Waals surface area contributed by atoms with E-state index in [1.807, 2.05) is 31.2 Å². The van der Waals surface area contributed by atoms with Crippen molar-refractivity contribution in [2.75, 3.05) is 18.8 Å². The quantitative estimate of drug-likeness (QED) is 0.789. The molecule has 90 valence electrons. The summed E-state index contributed by atoms with van der Waals surface area (Å²) in [6.45, 7) is 3.59. The average molecular weight is 260 g/mol. The summed E-state index contributed by atoms with van der Waals surface area (Å²) in [5.41, 5.74) is 1.13. The minimum absolute atomic E-state index is 0.285.